The molecule has 0 aromatic rings. The lowest BCUT2D eigenvalue weighted by Gasteiger charge is -2.48. The molecular formula is C18H36N2. The molecule has 1 saturated carbocycles. The van der Waals surface area contributed by atoms with E-state index in [2.05, 4.69) is 31.0 Å². The Morgan fingerprint density at radius 2 is 1.60 bits per heavy atom. The van der Waals surface area contributed by atoms with Crippen LogP contribution in [0.1, 0.15) is 78.6 Å². The van der Waals surface area contributed by atoms with Gasteiger partial charge in [0.25, 0.3) is 0 Å². The van der Waals surface area contributed by atoms with Gasteiger partial charge in [0.2, 0.25) is 0 Å². The van der Waals surface area contributed by atoms with E-state index < -0.39 is 0 Å². The van der Waals surface area contributed by atoms with E-state index in [0.717, 1.165) is 12.5 Å². The van der Waals surface area contributed by atoms with Crippen molar-refractivity contribution >= 4 is 0 Å². The van der Waals surface area contributed by atoms with Crippen LogP contribution in [0.5, 0.6) is 0 Å². The molecule has 1 N–H and O–H groups in total. The van der Waals surface area contributed by atoms with Crippen molar-refractivity contribution in [2.75, 3.05) is 19.6 Å². The number of likely N-dealkylation sites (tertiary alicyclic amines) is 1. The van der Waals surface area contributed by atoms with Gasteiger partial charge in [-0.2, -0.15) is 0 Å². The zero-order valence-corrected chi connectivity index (χ0v) is 14.1. The summed E-state index contributed by atoms with van der Waals surface area (Å²) in [6.45, 7) is 11.0. The molecule has 1 saturated heterocycles. The fraction of sp³-hybridized carbons (Fsp3) is 1.00. The van der Waals surface area contributed by atoms with Crippen LogP contribution in [0.4, 0.5) is 0 Å². The Labute approximate surface area is 126 Å². The molecule has 118 valence electrons. The molecule has 0 spiro atoms. The summed E-state index contributed by atoms with van der Waals surface area (Å²) < 4.78 is 0. The molecule has 2 atom stereocenters. The Balaban J connectivity index is 2.14. The molecule has 2 unspecified atom stereocenters. The third-order valence-electron chi connectivity index (χ3n) is 6.01. The second kappa shape index (κ2) is 7.79. The molecule has 2 nitrogen and oxygen atoms in total. The van der Waals surface area contributed by atoms with Gasteiger partial charge < -0.3 is 5.32 Å². The summed E-state index contributed by atoms with van der Waals surface area (Å²) in [5.74, 6) is 0.892. The molecule has 20 heavy (non-hydrogen) atoms. The minimum absolute atomic E-state index is 0.363. The van der Waals surface area contributed by atoms with Gasteiger partial charge in [-0.15, -0.1) is 0 Å². The van der Waals surface area contributed by atoms with Crippen LogP contribution in [0, 0.1) is 5.92 Å². The Hall–Kier alpha value is -0.0800. The van der Waals surface area contributed by atoms with Crippen molar-refractivity contribution in [2.24, 2.45) is 5.92 Å². The van der Waals surface area contributed by atoms with Gasteiger partial charge in [-0.1, -0.05) is 39.5 Å². The van der Waals surface area contributed by atoms with Crippen molar-refractivity contribution in [3.63, 3.8) is 0 Å². The molecule has 1 heterocycles. The third kappa shape index (κ3) is 3.57. The highest BCUT2D eigenvalue weighted by molar-refractivity contribution is 5.01. The van der Waals surface area contributed by atoms with E-state index in [9.17, 15) is 0 Å². The first kappa shape index (κ1) is 16.3. The largest absolute Gasteiger partial charge is 0.312 e. The minimum Gasteiger partial charge on any atom is -0.312 e. The molecule has 2 rings (SSSR count). The summed E-state index contributed by atoms with van der Waals surface area (Å²) >= 11 is 0. The fourth-order valence-corrected chi connectivity index (χ4v) is 4.63. The van der Waals surface area contributed by atoms with E-state index in [0.29, 0.717) is 11.6 Å². The maximum atomic E-state index is 3.91. The van der Waals surface area contributed by atoms with Gasteiger partial charge in [0.05, 0.1) is 0 Å². The summed E-state index contributed by atoms with van der Waals surface area (Å²) in [5.41, 5.74) is 0.363. The molecular weight excluding hydrogens is 244 g/mol. The van der Waals surface area contributed by atoms with Gasteiger partial charge in [-0.3, -0.25) is 4.90 Å². The van der Waals surface area contributed by atoms with Crippen molar-refractivity contribution in [1.82, 2.24) is 10.2 Å². The van der Waals surface area contributed by atoms with Crippen molar-refractivity contribution in [3.05, 3.63) is 0 Å². The van der Waals surface area contributed by atoms with Gasteiger partial charge in [0, 0.05) is 11.6 Å². The van der Waals surface area contributed by atoms with Crippen LogP contribution in [-0.2, 0) is 0 Å². The highest BCUT2D eigenvalue weighted by Crippen LogP contribution is 2.36. The number of hydrogen-bond acceptors (Lipinski definition) is 2. The Morgan fingerprint density at radius 3 is 2.10 bits per heavy atom. The van der Waals surface area contributed by atoms with E-state index >= 15 is 0 Å². The van der Waals surface area contributed by atoms with Gasteiger partial charge in [-0.05, 0) is 64.6 Å². The topological polar surface area (TPSA) is 15.3 Å². The highest BCUT2D eigenvalue weighted by Gasteiger charge is 2.42. The highest BCUT2D eigenvalue weighted by atomic mass is 15.2. The molecule has 2 heteroatoms. The Kier molecular flexibility index (Phi) is 6.35. The van der Waals surface area contributed by atoms with Gasteiger partial charge in [0.1, 0.15) is 0 Å². The molecule has 0 aromatic heterocycles. The number of nitrogens with one attached hydrogen (secondary N) is 1. The van der Waals surface area contributed by atoms with Crippen molar-refractivity contribution < 1.29 is 0 Å². The predicted molar refractivity (Wildman–Crippen MR) is 88.2 cm³/mol. The van der Waals surface area contributed by atoms with Crippen LogP contribution in [0.15, 0.2) is 0 Å². The van der Waals surface area contributed by atoms with Crippen LogP contribution in [0.25, 0.3) is 0 Å². The van der Waals surface area contributed by atoms with Crippen LogP contribution in [0.3, 0.4) is 0 Å². The van der Waals surface area contributed by atoms with E-state index in [-0.39, 0.29) is 0 Å². The monoisotopic (exact) mass is 280 g/mol. The first-order chi connectivity index (χ1) is 9.72. The van der Waals surface area contributed by atoms with Crippen molar-refractivity contribution in [2.45, 2.75) is 90.1 Å². The first-order valence-electron chi connectivity index (χ1n) is 9.20. The lowest BCUT2D eigenvalue weighted by Crippen LogP contribution is -2.61. The SMILES string of the molecule is CCNC(C1CCCCCC1)C(C)(CC)N1CCCC1. The summed E-state index contributed by atoms with van der Waals surface area (Å²) in [6.07, 6.45) is 12.8. The summed E-state index contributed by atoms with van der Waals surface area (Å²) in [6, 6.07) is 0.689. The van der Waals surface area contributed by atoms with Gasteiger partial charge in [0.15, 0.2) is 0 Å². The number of nitrogens with zero attached hydrogens (tertiary/aromatic N) is 1. The lowest BCUT2D eigenvalue weighted by atomic mass is 9.76. The second-order valence-corrected chi connectivity index (χ2v) is 7.19. The number of hydrogen-bond donors (Lipinski definition) is 1. The normalized spacial score (nSPS) is 27.1. The molecule has 1 aliphatic carbocycles. The zero-order valence-electron chi connectivity index (χ0n) is 14.1. The molecule has 0 amide bonds. The van der Waals surface area contributed by atoms with E-state index in [4.69, 9.17) is 0 Å². The average Bonchev–Trinajstić information content (AvgIpc) is 2.88. The van der Waals surface area contributed by atoms with Crippen LogP contribution >= 0.6 is 0 Å². The quantitative estimate of drug-likeness (QED) is 0.734. The minimum atomic E-state index is 0.363. The third-order valence-corrected chi connectivity index (χ3v) is 6.01. The summed E-state index contributed by atoms with van der Waals surface area (Å²) in [7, 11) is 0. The second-order valence-electron chi connectivity index (χ2n) is 7.19. The summed E-state index contributed by atoms with van der Waals surface area (Å²) in [5, 5.41) is 3.91. The van der Waals surface area contributed by atoms with E-state index in [1.165, 1.54) is 70.9 Å². The van der Waals surface area contributed by atoms with Gasteiger partial charge >= 0.3 is 0 Å². The van der Waals surface area contributed by atoms with Crippen molar-refractivity contribution in [1.29, 1.82) is 0 Å². The molecule has 0 aromatic carbocycles. The fourth-order valence-electron chi connectivity index (χ4n) is 4.63. The van der Waals surface area contributed by atoms with Crippen molar-refractivity contribution in [3.8, 4) is 0 Å². The maximum absolute atomic E-state index is 3.91. The maximum Gasteiger partial charge on any atom is 0.0334 e. The first-order valence-corrected chi connectivity index (χ1v) is 9.20. The molecule has 0 bridgehead atoms. The predicted octanol–water partition coefficient (Wildman–Crippen LogP) is 4.20. The van der Waals surface area contributed by atoms with E-state index in [1.54, 1.807) is 0 Å². The van der Waals surface area contributed by atoms with Gasteiger partial charge in [-0.25, -0.2) is 0 Å². The molecule has 0 radical (unpaired) electrons. The number of rotatable bonds is 6. The molecule has 2 fully saturated rings. The average molecular weight is 280 g/mol. The smallest absolute Gasteiger partial charge is 0.0334 e. The van der Waals surface area contributed by atoms with Crippen LogP contribution < -0.4 is 5.32 Å². The Morgan fingerprint density at radius 1 is 1.00 bits per heavy atom. The van der Waals surface area contributed by atoms with E-state index in [1.807, 2.05) is 0 Å². The number of likely N-dealkylation sites (N-methyl/N-ethyl adjacent to an activating group) is 1. The summed E-state index contributed by atoms with van der Waals surface area (Å²) in [4.78, 5) is 2.80. The van der Waals surface area contributed by atoms with Crippen LogP contribution in [-0.4, -0.2) is 36.1 Å². The molecule has 2 aliphatic rings. The standard InChI is InChI=1S/C18H36N2/c1-4-18(3,20-14-10-11-15-20)17(19-5-2)16-12-8-6-7-9-13-16/h16-17,19H,4-15H2,1-3H3. The van der Waals surface area contributed by atoms with Crippen LogP contribution in [0.2, 0.25) is 0 Å². The lowest BCUT2D eigenvalue weighted by molar-refractivity contribution is 0.0536. The molecule has 1 aliphatic heterocycles. The zero-order chi connectivity index (χ0) is 14.4. The Bertz CT molecular complexity index is 265.